The lowest BCUT2D eigenvalue weighted by atomic mass is 9.92. The van der Waals surface area contributed by atoms with Crippen LogP contribution in [0.3, 0.4) is 0 Å². The molecule has 9 nitrogen and oxygen atoms in total. The third kappa shape index (κ3) is 7.20. The summed E-state index contributed by atoms with van der Waals surface area (Å²) in [6, 6.07) is 1.99. The first-order chi connectivity index (χ1) is 15.4. The van der Waals surface area contributed by atoms with Gasteiger partial charge < -0.3 is 15.7 Å². The Bertz CT molecular complexity index is 911. The first-order valence-corrected chi connectivity index (χ1v) is 11.7. The molecule has 2 aromatic heterocycles. The van der Waals surface area contributed by atoms with E-state index in [9.17, 15) is 14.0 Å². The predicted molar refractivity (Wildman–Crippen MR) is 121 cm³/mol. The molecule has 0 saturated heterocycles. The first kappa shape index (κ1) is 24.0. The molecule has 0 bridgehead atoms. The lowest BCUT2D eigenvalue weighted by Crippen LogP contribution is -2.41. The van der Waals surface area contributed by atoms with Gasteiger partial charge in [0.1, 0.15) is 0 Å². The number of carboxylic acid groups (broad SMARTS) is 1. The van der Waals surface area contributed by atoms with Crippen LogP contribution in [0.2, 0.25) is 5.28 Å². The van der Waals surface area contributed by atoms with Crippen LogP contribution in [-0.4, -0.2) is 40.2 Å². The Hall–Kier alpha value is -2.66. The normalized spacial score (nSPS) is 14.7. The monoisotopic (exact) mass is 484 g/mol. The minimum Gasteiger partial charge on any atom is -0.465 e. The molecule has 32 heavy (non-hydrogen) atoms. The van der Waals surface area contributed by atoms with Crippen molar-refractivity contribution in [3.63, 3.8) is 0 Å². The number of thiophene rings is 1. The second kappa shape index (κ2) is 11.8. The molecule has 12 heteroatoms. The van der Waals surface area contributed by atoms with Crippen molar-refractivity contribution >= 4 is 46.6 Å². The zero-order chi connectivity index (χ0) is 22.9. The third-order valence-corrected chi connectivity index (χ3v) is 6.28. The molecule has 174 valence electrons. The van der Waals surface area contributed by atoms with E-state index in [1.165, 1.54) is 0 Å². The van der Waals surface area contributed by atoms with Crippen molar-refractivity contribution in [2.75, 3.05) is 23.8 Å². The van der Waals surface area contributed by atoms with Gasteiger partial charge in [-0.2, -0.15) is 25.7 Å². The molecule has 1 fully saturated rings. The summed E-state index contributed by atoms with van der Waals surface area (Å²) in [6.45, 7) is 0.416. The van der Waals surface area contributed by atoms with Gasteiger partial charge in [-0.25, -0.2) is 4.79 Å². The zero-order valence-electron chi connectivity index (χ0n) is 17.4. The van der Waals surface area contributed by atoms with Crippen LogP contribution >= 0.6 is 22.9 Å². The lowest BCUT2D eigenvalue weighted by Gasteiger charge is -2.20. The molecule has 0 aromatic carbocycles. The number of carbonyl (C=O) groups excluding carboxylic acids is 1. The molecule has 1 aliphatic rings. The number of hydrazine groups is 1. The number of hydrogen-bond acceptors (Lipinski definition) is 7. The number of carbonyl (C=O) groups is 2. The summed E-state index contributed by atoms with van der Waals surface area (Å²) in [7, 11) is 0. The summed E-state index contributed by atoms with van der Waals surface area (Å²) in [5.74, 6) is -1.81. The maximum atomic E-state index is 14.8. The minimum absolute atomic E-state index is 0.0260. The molecular weight excluding hydrogens is 459 g/mol. The quantitative estimate of drug-likeness (QED) is 0.242. The number of nitrogens with one attached hydrogen (secondary N) is 4. The molecule has 1 aliphatic carbocycles. The van der Waals surface area contributed by atoms with E-state index in [2.05, 4.69) is 31.5 Å². The molecule has 0 aliphatic heterocycles. The van der Waals surface area contributed by atoms with Gasteiger partial charge in [0.15, 0.2) is 11.6 Å². The van der Waals surface area contributed by atoms with Crippen LogP contribution in [0.5, 0.6) is 0 Å². The van der Waals surface area contributed by atoms with Crippen LogP contribution in [0.4, 0.5) is 20.8 Å². The van der Waals surface area contributed by atoms with E-state index in [1.54, 1.807) is 11.3 Å². The minimum atomic E-state index is -1.20. The molecule has 0 radical (unpaired) electrons. The Morgan fingerprint density at radius 1 is 1.28 bits per heavy atom. The van der Waals surface area contributed by atoms with Crippen molar-refractivity contribution in [2.45, 2.75) is 38.5 Å². The summed E-state index contributed by atoms with van der Waals surface area (Å²) in [5, 5.41) is 17.8. The highest BCUT2D eigenvalue weighted by Crippen LogP contribution is 2.30. The second-order valence-corrected chi connectivity index (χ2v) is 8.81. The molecule has 2 amide bonds. The molecule has 0 unspecified atom stereocenters. The van der Waals surface area contributed by atoms with Crippen LogP contribution in [-0.2, 0) is 11.2 Å². The number of aromatic nitrogens is 2. The Morgan fingerprint density at radius 3 is 2.72 bits per heavy atom. The smallest absolute Gasteiger partial charge is 0.404 e. The fourth-order valence-electron chi connectivity index (χ4n) is 3.74. The maximum absolute atomic E-state index is 14.8. The molecular formula is C20H26ClFN6O3S. The summed E-state index contributed by atoms with van der Waals surface area (Å²) in [5.41, 5.74) is 6.02. The van der Waals surface area contributed by atoms with Crippen LogP contribution in [0, 0.1) is 17.7 Å². The van der Waals surface area contributed by atoms with Gasteiger partial charge in [-0.3, -0.25) is 15.6 Å². The van der Waals surface area contributed by atoms with Gasteiger partial charge in [-0.05, 0) is 52.8 Å². The summed E-state index contributed by atoms with van der Waals surface area (Å²) < 4.78 is 14.8. The summed E-state index contributed by atoms with van der Waals surface area (Å²) >= 11 is 7.51. The van der Waals surface area contributed by atoms with Crippen molar-refractivity contribution in [1.29, 1.82) is 0 Å². The fraction of sp³-hybridized carbons (Fsp3) is 0.500. The number of rotatable bonds is 11. The van der Waals surface area contributed by atoms with E-state index in [-0.39, 0.29) is 23.5 Å². The van der Waals surface area contributed by atoms with Crippen molar-refractivity contribution in [3.8, 4) is 0 Å². The summed E-state index contributed by atoms with van der Waals surface area (Å²) in [6.07, 6.45) is 4.28. The van der Waals surface area contributed by atoms with Crippen LogP contribution in [0.1, 0.15) is 37.7 Å². The topological polar surface area (TPSA) is 128 Å². The van der Waals surface area contributed by atoms with E-state index in [0.29, 0.717) is 25.3 Å². The maximum Gasteiger partial charge on any atom is 0.404 e. The fourth-order valence-corrected chi connectivity index (χ4v) is 4.62. The van der Waals surface area contributed by atoms with Crippen molar-refractivity contribution in [1.82, 2.24) is 20.7 Å². The average molecular weight is 485 g/mol. The Labute approximate surface area is 194 Å². The molecule has 0 spiro atoms. The van der Waals surface area contributed by atoms with Crippen LogP contribution in [0.25, 0.3) is 0 Å². The number of anilines is 2. The first-order valence-electron chi connectivity index (χ1n) is 10.4. The van der Waals surface area contributed by atoms with Crippen molar-refractivity contribution in [2.24, 2.45) is 11.8 Å². The molecule has 1 atom stereocenters. The summed E-state index contributed by atoms with van der Waals surface area (Å²) in [4.78, 5) is 31.2. The van der Waals surface area contributed by atoms with Crippen molar-refractivity contribution < 1.29 is 19.1 Å². The molecule has 1 saturated carbocycles. The van der Waals surface area contributed by atoms with Gasteiger partial charge in [0.05, 0.1) is 5.92 Å². The van der Waals surface area contributed by atoms with E-state index < -0.39 is 23.7 Å². The standard InChI is InChI=1S/C20H26ClFN6O3S/c21-19-25-16(23-7-5-13-6-8-32-11-13)15(22)17(26-19)27-28-18(29)14(10-24-20(30)31)9-12-3-1-2-4-12/h6,8,11-12,14,24H,1-5,7,9-10H2,(H,28,29)(H,30,31)(H2,23,25,26,27)/t14-/m1/s1. The van der Waals surface area contributed by atoms with Gasteiger partial charge in [0.25, 0.3) is 0 Å². The largest absolute Gasteiger partial charge is 0.465 e. The van der Waals surface area contributed by atoms with E-state index in [4.69, 9.17) is 16.7 Å². The highest BCUT2D eigenvalue weighted by molar-refractivity contribution is 7.07. The number of halogens is 2. The predicted octanol–water partition coefficient (Wildman–Crippen LogP) is 3.89. The molecule has 2 aromatic rings. The SMILES string of the molecule is O=C(O)NC[C@@H](CC1CCCC1)C(=O)NNc1nc(Cl)nc(NCCc2ccsc2)c1F. The van der Waals surface area contributed by atoms with E-state index >= 15 is 0 Å². The third-order valence-electron chi connectivity index (χ3n) is 5.38. The molecule has 2 heterocycles. The Balaban J connectivity index is 1.59. The van der Waals surface area contributed by atoms with E-state index in [0.717, 1.165) is 31.2 Å². The van der Waals surface area contributed by atoms with Crippen molar-refractivity contribution in [3.05, 3.63) is 33.5 Å². The molecule has 3 rings (SSSR count). The number of nitrogens with zero attached hydrogens (tertiary/aromatic N) is 2. The van der Waals surface area contributed by atoms with Gasteiger partial charge >= 0.3 is 6.09 Å². The average Bonchev–Trinajstić information content (AvgIpc) is 3.46. The van der Waals surface area contributed by atoms with Gasteiger partial charge in [-0.1, -0.05) is 25.7 Å². The van der Waals surface area contributed by atoms with Gasteiger partial charge in [0, 0.05) is 13.1 Å². The second-order valence-electron chi connectivity index (χ2n) is 7.70. The van der Waals surface area contributed by atoms with E-state index in [1.807, 2.05) is 16.8 Å². The Morgan fingerprint density at radius 2 is 2.03 bits per heavy atom. The van der Waals surface area contributed by atoms with Crippen LogP contribution in [0.15, 0.2) is 16.8 Å². The zero-order valence-corrected chi connectivity index (χ0v) is 18.9. The number of amides is 2. The van der Waals surface area contributed by atoms with Crippen LogP contribution < -0.4 is 21.5 Å². The Kier molecular flexibility index (Phi) is 8.86. The lowest BCUT2D eigenvalue weighted by molar-refractivity contribution is -0.124. The van der Waals surface area contributed by atoms with Gasteiger partial charge in [-0.15, -0.1) is 0 Å². The highest BCUT2D eigenvalue weighted by Gasteiger charge is 2.26. The number of hydrogen-bond donors (Lipinski definition) is 5. The van der Waals surface area contributed by atoms with Gasteiger partial charge in [0.2, 0.25) is 17.0 Å². The highest BCUT2D eigenvalue weighted by atomic mass is 35.5. The molecule has 5 N–H and O–H groups in total.